The van der Waals surface area contributed by atoms with Crippen molar-refractivity contribution in [1.29, 1.82) is 0 Å². The number of carbonyl (C=O) groups is 1. The highest BCUT2D eigenvalue weighted by Crippen LogP contribution is 2.13. The summed E-state index contributed by atoms with van der Waals surface area (Å²) in [6.45, 7) is 5.58. The number of amides is 1. The molecule has 1 aliphatic rings. The number of pyridine rings is 2. The summed E-state index contributed by atoms with van der Waals surface area (Å²) in [6, 6.07) is 7.17. The first-order chi connectivity index (χ1) is 11.6. The van der Waals surface area contributed by atoms with Crippen molar-refractivity contribution in [2.45, 2.75) is 32.7 Å². The van der Waals surface area contributed by atoms with E-state index in [4.69, 9.17) is 0 Å². The predicted molar refractivity (Wildman–Crippen MR) is 93.7 cm³/mol. The van der Waals surface area contributed by atoms with Crippen LogP contribution < -0.4 is 10.9 Å². The average Bonchev–Trinajstić information content (AvgIpc) is 3.10. The summed E-state index contributed by atoms with van der Waals surface area (Å²) >= 11 is 0. The first-order valence-corrected chi connectivity index (χ1v) is 8.30. The molecular formula is C18H22N4O2. The first kappa shape index (κ1) is 16.2. The zero-order valence-electron chi connectivity index (χ0n) is 14.0. The molecule has 24 heavy (non-hydrogen) atoms. The van der Waals surface area contributed by atoms with Gasteiger partial charge in [-0.2, -0.15) is 0 Å². The number of likely N-dealkylation sites (tertiary alicyclic amines) is 1. The molecule has 0 bridgehead atoms. The Morgan fingerprint density at radius 3 is 2.58 bits per heavy atom. The van der Waals surface area contributed by atoms with Crippen LogP contribution >= 0.6 is 0 Å². The van der Waals surface area contributed by atoms with Gasteiger partial charge in [0.1, 0.15) is 11.5 Å². The van der Waals surface area contributed by atoms with E-state index in [1.165, 1.54) is 4.57 Å². The van der Waals surface area contributed by atoms with Crippen LogP contribution in [0.5, 0.6) is 0 Å². The standard InChI is InChI=1S/C18H22N4O2/c1-13(2)20-15-6-5-11-22(18(15)24)16-8-7-14(12-19-16)17(23)21-9-3-4-10-21/h5-8,11-13,20H,3-4,9-10H2,1-2H3. The second kappa shape index (κ2) is 6.86. The van der Waals surface area contributed by atoms with Gasteiger partial charge in [-0.05, 0) is 51.0 Å². The van der Waals surface area contributed by atoms with Crippen LogP contribution in [0.15, 0.2) is 41.5 Å². The highest BCUT2D eigenvalue weighted by Gasteiger charge is 2.19. The van der Waals surface area contributed by atoms with Gasteiger partial charge in [0.15, 0.2) is 0 Å². The zero-order chi connectivity index (χ0) is 17.1. The van der Waals surface area contributed by atoms with Crippen molar-refractivity contribution in [3.05, 3.63) is 52.6 Å². The second-order valence-electron chi connectivity index (χ2n) is 6.30. The summed E-state index contributed by atoms with van der Waals surface area (Å²) in [7, 11) is 0. The lowest BCUT2D eigenvalue weighted by Gasteiger charge is -2.15. The van der Waals surface area contributed by atoms with Crippen molar-refractivity contribution in [2.24, 2.45) is 0 Å². The molecule has 0 radical (unpaired) electrons. The smallest absolute Gasteiger partial charge is 0.279 e. The van der Waals surface area contributed by atoms with Crippen molar-refractivity contribution >= 4 is 11.6 Å². The van der Waals surface area contributed by atoms with E-state index in [1.54, 1.807) is 36.7 Å². The van der Waals surface area contributed by atoms with E-state index >= 15 is 0 Å². The number of hydrogen-bond donors (Lipinski definition) is 1. The van der Waals surface area contributed by atoms with Crippen LogP contribution in [0.4, 0.5) is 5.69 Å². The Balaban J connectivity index is 1.86. The Labute approximate surface area is 141 Å². The molecule has 1 saturated heterocycles. The Kier molecular flexibility index (Phi) is 4.64. The molecule has 126 valence electrons. The van der Waals surface area contributed by atoms with Gasteiger partial charge >= 0.3 is 0 Å². The fourth-order valence-corrected chi connectivity index (χ4v) is 2.85. The van der Waals surface area contributed by atoms with Gasteiger partial charge in [-0.15, -0.1) is 0 Å². The van der Waals surface area contributed by atoms with Crippen LogP contribution in [0.2, 0.25) is 0 Å². The molecule has 2 aromatic rings. The van der Waals surface area contributed by atoms with E-state index in [0.717, 1.165) is 25.9 Å². The molecule has 6 nitrogen and oxygen atoms in total. The molecule has 1 N–H and O–H groups in total. The fraction of sp³-hybridized carbons (Fsp3) is 0.389. The van der Waals surface area contributed by atoms with E-state index in [9.17, 15) is 9.59 Å². The normalized spacial score (nSPS) is 14.2. The molecule has 3 heterocycles. The number of nitrogens with one attached hydrogen (secondary N) is 1. The van der Waals surface area contributed by atoms with Gasteiger partial charge < -0.3 is 10.2 Å². The van der Waals surface area contributed by atoms with E-state index in [0.29, 0.717) is 17.1 Å². The van der Waals surface area contributed by atoms with E-state index in [2.05, 4.69) is 10.3 Å². The van der Waals surface area contributed by atoms with Crippen molar-refractivity contribution in [3.63, 3.8) is 0 Å². The Bertz CT molecular complexity index is 774. The van der Waals surface area contributed by atoms with Crippen molar-refractivity contribution in [1.82, 2.24) is 14.5 Å². The lowest BCUT2D eigenvalue weighted by Crippen LogP contribution is -2.28. The molecule has 0 spiro atoms. The molecule has 0 unspecified atom stereocenters. The molecule has 1 fully saturated rings. The molecule has 0 atom stereocenters. The summed E-state index contributed by atoms with van der Waals surface area (Å²) in [6.07, 6.45) is 5.34. The predicted octanol–water partition coefficient (Wildman–Crippen LogP) is 2.29. The summed E-state index contributed by atoms with van der Waals surface area (Å²) in [4.78, 5) is 31.0. The molecule has 6 heteroatoms. The SMILES string of the molecule is CC(C)Nc1cccn(-c2ccc(C(=O)N3CCCC3)cn2)c1=O. The fourth-order valence-electron chi connectivity index (χ4n) is 2.85. The van der Waals surface area contributed by atoms with Gasteiger partial charge in [-0.3, -0.25) is 14.2 Å². The monoisotopic (exact) mass is 326 g/mol. The van der Waals surface area contributed by atoms with E-state index in [1.807, 2.05) is 18.7 Å². The Morgan fingerprint density at radius 2 is 1.96 bits per heavy atom. The number of carbonyl (C=O) groups excluding carboxylic acids is 1. The minimum absolute atomic E-state index is 0.00845. The third-order valence-corrected chi connectivity index (χ3v) is 4.03. The topological polar surface area (TPSA) is 67.2 Å². The van der Waals surface area contributed by atoms with Crippen LogP contribution in [0.1, 0.15) is 37.0 Å². The number of hydrogen-bond acceptors (Lipinski definition) is 4. The van der Waals surface area contributed by atoms with Gasteiger partial charge in [0, 0.05) is 31.5 Å². The highest BCUT2D eigenvalue weighted by molar-refractivity contribution is 5.94. The number of rotatable bonds is 4. The van der Waals surface area contributed by atoms with Gasteiger partial charge in [0.25, 0.3) is 11.5 Å². The largest absolute Gasteiger partial charge is 0.378 e. The molecule has 0 aromatic carbocycles. The van der Waals surface area contributed by atoms with Crippen molar-refractivity contribution in [3.8, 4) is 5.82 Å². The average molecular weight is 326 g/mol. The molecule has 0 saturated carbocycles. The van der Waals surface area contributed by atoms with Gasteiger partial charge in [-0.1, -0.05) is 0 Å². The molecule has 3 rings (SSSR count). The highest BCUT2D eigenvalue weighted by atomic mass is 16.2. The van der Waals surface area contributed by atoms with Crippen LogP contribution in [0.3, 0.4) is 0 Å². The van der Waals surface area contributed by atoms with E-state index in [-0.39, 0.29) is 17.5 Å². The Hall–Kier alpha value is -2.63. The summed E-state index contributed by atoms with van der Waals surface area (Å²) in [5.41, 5.74) is 0.939. The quantitative estimate of drug-likeness (QED) is 0.936. The van der Waals surface area contributed by atoms with Gasteiger partial charge in [0.05, 0.1) is 5.56 Å². The molecule has 1 amide bonds. The number of anilines is 1. The summed E-state index contributed by atoms with van der Waals surface area (Å²) in [5, 5.41) is 3.13. The zero-order valence-corrected chi connectivity index (χ0v) is 14.0. The van der Waals surface area contributed by atoms with Crippen LogP contribution in [0, 0.1) is 0 Å². The lowest BCUT2D eigenvalue weighted by molar-refractivity contribution is 0.0792. The molecule has 0 aliphatic carbocycles. The van der Waals surface area contributed by atoms with Crippen LogP contribution in [-0.2, 0) is 0 Å². The maximum atomic E-state index is 12.5. The molecule has 1 aliphatic heterocycles. The lowest BCUT2D eigenvalue weighted by atomic mass is 10.2. The summed E-state index contributed by atoms with van der Waals surface area (Å²) < 4.78 is 1.48. The summed E-state index contributed by atoms with van der Waals surface area (Å²) in [5.74, 6) is 0.513. The minimum Gasteiger partial charge on any atom is -0.378 e. The third kappa shape index (κ3) is 3.32. The second-order valence-corrected chi connectivity index (χ2v) is 6.30. The van der Waals surface area contributed by atoms with Crippen LogP contribution in [0.25, 0.3) is 5.82 Å². The third-order valence-electron chi connectivity index (χ3n) is 4.03. The van der Waals surface area contributed by atoms with Gasteiger partial charge in [0.2, 0.25) is 0 Å². The van der Waals surface area contributed by atoms with Crippen molar-refractivity contribution < 1.29 is 4.79 Å². The number of nitrogens with zero attached hydrogens (tertiary/aromatic N) is 3. The van der Waals surface area contributed by atoms with Crippen molar-refractivity contribution in [2.75, 3.05) is 18.4 Å². The molecular weight excluding hydrogens is 304 g/mol. The maximum absolute atomic E-state index is 12.5. The number of aromatic nitrogens is 2. The van der Waals surface area contributed by atoms with Crippen LogP contribution in [-0.4, -0.2) is 39.5 Å². The minimum atomic E-state index is -0.155. The Morgan fingerprint density at radius 1 is 1.21 bits per heavy atom. The van der Waals surface area contributed by atoms with Gasteiger partial charge in [-0.25, -0.2) is 4.98 Å². The first-order valence-electron chi connectivity index (χ1n) is 8.30. The molecule has 2 aromatic heterocycles. The maximum Gasteiger partial charge on any atom is 0.279 e. The van der Waals surface area contributed by atoms with E-state index < -0.39 is 0 Å².